The van der Waals surface area contributed by atoms with Gasteiger partial charge in [0.25, 0.3) is 0 Å². The highest BCUT2D eigenvalue weighted by atomic mass is 16.6. The normalized spacial score (nSPS) is 20.6. The molecule has 0 spiro atoms. The lowest BCUT2D eigenvalue weighted by Gasteiger charge is -2.25. The topological polar surface area (TPSA) is 83.3 Å². The van der Waals surface area contributed by atoms with E-state index in [9.17, 15) is 4.79 Å². The summed E-state index contributed by atoms with van der Waals surface area (Å²) >= 11 is 0. The van der Waals surface area contributed by atoms with Crippen molar-refractivity contribution < 1.29 is 9.42 Å². The first-order valence-electron chi connectivity index (χ1n) is 7.70. The molecule has 23 heavy (non-hydrogen) atoms. The summed E-state index contributed by atoms with van der Waals surface area (Å²) in [7, 11) is 1.82. The maximum Gasteiger partial charge on any atom is 0.228 e. The van der Waals surface area contributed by atoms with Crippen LogP contribution >= 0.6 is 0 Å². The summed E-state index contributed by atoms with van der Waals surface area (Å²) in [4.78, 5) is 14.1. The molecule has 1 fully saturated rings. The largest absolute Gasteiger partial charge is 0.345 e. The molecule has 1 amide bonds. The molecule has 0 aliphatic carbocycles. The molecule has 7 nitrogen and oxygen atoms in total. The zero-order valence-electron chi connectivity index (χ0n) is 13.3. The lowest BCUT2D eigenvalue weighted by Crippen LogP contribution is -2.35. The average Bonchev–Trinajstić information content (AvgIpc) is 3.18. The number of likely N-dealkylation sites (N-methyl/N-ethyl adjacent to an activating group) is 1. The van der Waals surface area contributed by atoms with Gasteiger partial charge in [-0.15, -0.1) is 0 Å². The van der Waals surface area contributed by atoms with Crippen molar-refractivity contribution in [3.63, 3.8) is 0 Å². The number of nitrogens with zero attached hydrogens (tertiary/aromatic N) is 3. The first-order valence-corrected chi connectivity index (χ1v) is 7.70. The smallest absolute Gasteiger partial charge is 0.228 e. The summed E-state index contributed by atoms with van der Waals surface area (Å²) in [6.45, 7) is 3.28. The lowest BCUT2D eigenvalue weighted by atomic mass is 9.94. The Bertz CT molecular complexity index is 658. The van der Waals surface area contributed by atoms with Gasteiger partial charge in [0.05, 0.1) is 12.5 Å². The molecule has 1 aromatic carbocycles. The van der Waals surface area contributed by atoms with Crippen molar-refractivity contribution in [1.82, 2.24) is 26.1 Å². The van der Waals surface area contributed by atoms with Crippen LogP contribution in [0.25, 0.3) is 0 Å². The molecule has 0 radical (unpaired) electrons. The zero-order valence-corrected chi connectivity index (χ0v) is 13.3. The van der Waals surface area contributed by atoms with Crippen LogP contribution in [0, 0.1) is 12.8 Å². The summed E-state index contributed by atoms with van der Waals surface area (Å²) in [5.74, 6) is 0.324. The molecule has 1 aliphatic rings. The van der Waals surface area contributed by atoms with Gasteiger partial charge in [-0.3, -0.25) is 10.2 Å². The van der Waals surface area contributed by atoms with Gasteiger partial charge in [-0.2, -0.15) is 0 Å². The van der Waals surface area contributed by atoms with Crippen LogP contribution in [0.4, 0.5) is 0 Å². The number of amides is 1. The molecular weight excluding hydrogens is 294 g/mol. The minimum absolute atomic E-state index is 0.0162. The summed E-state index contributed by atoms with van der Waals surface area (Å²) in [6.07, 6.45) is 0.218. The second kappa shape index (κ2) is 6.89. The molecule has 2 unspecified atom stereocenters. The quantitative estimate of drug-likeness (QED) is 0.851. The monoisotopic (exact) mass is 315 g/mol. The van der Waals surface area contributed by atoms with E-state index < -0.39 is 0 Å². The van der Waals surface area contributed by atoms with Gasteiger partial charge in [-0.1, -0.05) is 40.6 Å². The fourth-order valence-corrected chi connectivity index (χ4v) is 2.86. The molecule has 1 saturated heterocycles. The number of carbonyl (C=O) groups is 1. The van der Waals surface area contributed by atoms with Gasteiger partial charge in [-0.25, -0.2) is 10.1 Å². The van der Waals surface area contributed by atoms with Crippen LogP contribution in [0.2, 0.25) is 0 Å². The van der Waals surface area contributed by atoms with Crippen LogP contribution in [0.5, 0.6) is 0 Å². The fourth-order valence-electron chi connectivity index (χ4n) is 2.86. The van der Waals surface area contributed by atoms with Crippen molar-refractivity contribution in [2.24, 2.45) is 5.92 Å². The number of benzene rings is 1. The minimum Gasteiger partial charge on any atom is -0.345 e. The zero-order chi connectivity index (χ0) is 16.2. The van der Waals surface area contributed by atoms with Gasteiger partial charge in [-0.05, 0) is 12.5 Å². The number of rotatable bonds is 5. The van der Waals surface area contributed by atoms with E-state index in [4.69, 9.17) is 0 Å². The van der Waals surface area contributed by atoms with Gasteiger partial charge in [0.15, 0.2) is 0 Å². The van der Waals surface area contributed by atoms with E-state index in [1.54, 1.807) is 11.8 Å². The van der Waals surface area contributed by atoms with E-state index in [2.05, 4.69) is 37.9 Å². The second-order valence-corrected chi connectivity index (χ2v) is 5.92. The Labute approximate surface area is 135 Å². The number of hydrogen-bond acceptors (Lipinski definition) is 6. The van der Waals surface area contributed by atoms with Gasteiger partial charge in [0.2, 0.25) is 5.91 Å². The molecule has 0 bridgehead atoms. The molecule has 2 N–H and O–H groups in total. The molecule has 2 aromatic rings. The van der Waals surface area contributed by atoms with E-state index >= 15 is 0 Å². The summed E-state index contributed by atoms with van der Waals surface area (Å²) in [5.41, 5.74) is 8.98. The predicted molar refractivity (Wildman–Crippen MR) is 84.2 cm³/mol. The highest BCUT2D eigenvalue weighted by Crippen LogP contribution is 2.25. The maximum atomic E-state index is 12.4. The van der Waals surface area contributed by atoms with Crippen LogP contribution in [0.1, 0.15) is 23.0 Å². The Morgan fingerprint density at radius 3 is 2.83 bits per heavy atom. The van der Waals surface area contributed by atoms with Crippen molar-refractivity contribution in [2.75, 3.05) is 20.1 Å². The number of aryl methyl sites for hydroxylation is 1. The number of hydrazine groups is 1. The van der Waals surface area contributed by atoms with Crippen molar-refractivity contribution in [2.45, 2.75) is 19.4 Å². The van der Waals surface area contributed by atoms with E-state index in [0.29, 0.717) is 23.9 Å². The van der Waals surface area contributed by atoms with Crippen molar-refractivity contribution in [1.29, 1.82) is 0 Å². The molecular formula is C16H21N5O2. The van der Waals surface area contributed by atoms with Crippen molar-refractivity contribution in [3.05, 3.63) is 47.3 Å². The Morgan fingerprint density at radius 1 is 1.35 bits per heavy atom. The third-order valence-electron chi connectivity index (χ3n) is 4.25. The number of hydrogen-bond donors (Lipinski definition) is 2. The molecule has 122 valence electrons. The Morgan fingerprint density at radius 2 is 2.13 bits per heavy atom. The van der Waals surface area contributed by atoms with E-state index in [0.717, 1.165) is 6.54 Å². The lowest BCUT2D eigenvalue weighted by molar-refractivity contribution is -0.129. The molecule has 7 heteroatoms. The van der Waals surface area contributed by atoms with Gasteiger partial charge >= 0.3 is 0 Å². The van der Waals surface area contributed by atoms with Crippen molar-refractivity contribution in [3.8, 4) is 0 Å². The Balaban J connectivity index is 1.61. The van der Waals surface area contributed by atoms with E-state index in [1.807, 2.05) is 25.2 Å². The first-order chi connectivity index (χ1) is 11.1. The van der Waals surface area contributed by atoms with Crippen LogP contribution in [-0.2, 0) is 11.2 Å². The molecule has 1 aliphatic heterocycles. The van der Waals surface area contributed by atoms with Crippen LogP contribution in [-0.4, -0.2) is 41.3 Å². The molecule has 0 saturated carbocycles. The standard InChI is InChI=1S/C16H21N5O2/c1-11-14(20-23-19-11)8-15(22)21(2)10-13-9-17-18-16(13)12-6-4-3-5-7-12/h3-7,13,16-18H,8-10H2,1-2H3. The van der Waals surface area contributed by atoms with E-state index in [-0.39, 0.29) is 18.4 Å². The van der Waals surface area contributed by atoms with Crippen LogP contribution in [0.3, 0.4) is 0 Å². The maximum absolute atomic E-state index is 12.4. The third-order valence-corrected chi connectivity index (χ3v) is 4.25. The highest BCUT2D eigenvalue weighted by molar-refractivity contribution is 5.78. The molecule has 3 rings (SSSR count). The molecule has 1 aromatic heterocycles. The average molecular weight is 315 g/mol. The predicted octanol–water partition coefficient (Wildman–Crippen LogP) is 0.844. The fraction of sp³-hybridized carbons (Fsp3) is 0.438. The Hall–Kier alpha value is -2.25. The Kier molecular flexibility index (Phi) is 4.68. The van der Waals surface area contributed by atoms with E-state index in [1.165, 1.54) is 5.56 Å². The van der Waals surface area contributed by atoms with Gasteiger partial charge < -0.3 is 4.90 Å². The molecule has 2 atom stereocenters. The van der Waals surface area contributed by atoms with Gasteiger partial charge in [0, 0.05) is 26.1 Å². The number of nitrogens with one attached hydrogen (secondary N) is 2. The van der Waals surface area contributed by atoms with Crippen LogP contribution < -0.4 is 10.9 Å². The van der Waals surface area contributed by atoms with Gasteiger partial charge in [0.1, 0.15) is 11.4 Å². The first kappa shape index (κ1) is 15.6. The SMILES string of the molecule is Cc1nonc1CC(=O)N(C)CC1CNNC1c1ccccc1. The van der Waals surface area contributed by atoms with Crippen LogP contribution in [0.15, 0.2) is 35.0 Å². The summed E-state index contributed by atoms with van der Waals surface area (Å²) in [5, 5.41) is 7.48. The third kappa shape index (κ3) is 3.57. The second-order valence-electron chi connectivity index (χ2n) is 5.92. The van der Waals surface area contributed by atoms with Crippen molar-refractivity contribution >= 4 is 5.91 Å². The number of carbonyl (C=O) groups excluding carboxylic acids is 1. The number of aromatic nitrogens is 2. The molecule has 2 heterocycles. The summed E-state index contributed by atoms with van der Waals surface area (Å²) < 4.78 is 4.64. The minimum atomic E-state index is 0.0162. The summed E-state index contributed by atoms with van der Waals surface area (Å²) in [6, 6.07) is 10.5. The highest BCUT2D eigenvalue weighted by Gasteiger charge is 2.30.